The monoisotopic (exact) mass is 391 g/mol. The maximum Gasteiger partial charge on any atom is 0.342 e. The van der Waals surface area contributed by atoms with Crippen molar-refractivity contribution < 1.29 is 16.3 Å². The number of nitro benzene ring substituents is 1. The number of thiazole rings is 1. The molecule has 0 amide bonds. The smallest absolute Gasteiger partial charge is 0.342 e. The van der Waals surface area contributed by atoms with E-state index in [9.17, 15) is 14.9 Å². The van der Waals surface area contributed by atoms with Crippen molar-refractivity contribution in [3.63, 3.8) is 0 Å². The summed E-state index contributed by atoms with van der Waals surface area (Å²) in [6, 6.07) is 11.6. The fourth-order valence-electron chi connectivity index (χ4n) is 2.00. The number of rotatable bonds is 5. The molecule has 25 heavy (non-hydrogen) atoms. The highest BCUT2D eigenvalue weighted by Crippen LogP contribution is 2.40. The van der Waals surface area contributed by atoms with Crippen molar-refractivity contribution in [3.05, 3.63) is 57.1 Å². The summed E-state index contributed by atoms with van der Waals surface area (Å²) in [6.45, 7) is 0. The molecule has 3 aromatic rings. The Labute approximate surface area is 154 Å². The van der Waals surface area contributed by atoms with Crippen molar-refractivity contribution in [2.24, 2.45) is 0 Å². The Hall–Kier alpha value is -2.61. The van der Waals surface area contributed by atoms with E-state index in [1.165, 1.54) is 51.1 Å². The van der Waals surface area contributed by atoms with E-state index in [4.69, 9.17) is 10.4 Å². The minimum absolute atomic E-state index is 0. The van der Waals surface area contributed by atoms with Crippen LogP contribution in [-0.4, -0.2) is 21.0 Å². The van der Waals surface area contributed by atoms with Crippen LogP contribution in [0.4, 0.5) is 5.69 Å². The molecule has 3 rings (SSSR count). The van der Waals surface area contributed by atoms with Crippen LogP contribution in [0.5, 0.6) is 0 Å². The predicted molar refractivity (Wildman–Crippen MR) is 98.2 cm³/mol. The van der Waals surface area contributed by atoms with Gasteiger partial charge in [0, 0.05) is 17.3 Å². The zero-order valence-corrected chi connectivity index (χ0v) is 14.7. The third-order valence-electron chi connectivity index (χ3n) is 3.08. The summed E-state index contributed by atoms with van der Waals surface area (Å²) in [7, 11) is 2.69. The van der Waals surface area contributed by atoms with E-state index in [1.807, 2.05) is 24.3 Å². The van der Waals surface area contributed by atoms with Gasteiger partial charge < -0.3 is 5.11 Å². The molecule has 0 saturated carbocycles. The number of carbonyl (C=O) groups is 1. The highest BCUT2D eigenvalue weighted by atomic mass is 33.1. The first-order valence-corrected chi connectivity index (χ1v) is 9.61. The first-order chi connectivity index (χ1) is 12.0. The van der Waals surface area contributed by atoms with Gasteiger partial charge in [-0.2, -0.15) is 5.26 Å². The van der Waals surface area contributed by atoms with Crippen LogP contribution in [0.2, 0.25) is 0 Å². The number of hydrogen-bond donors (Lipinski definition) is 1. The number of nitriles is 1. The van der Waals surface area contributed by atoms with Gasteiger partial charge in [-0.15, -0.1) is 11.3 Å². The summed E-state index contributed by atoms with van der Waals surface area (Å²) in [5, 5.41) is 29.3. The quantitative estimate of drug-likeness (QED) is 0.374. The first-order valence-electron chi connectivity index (χ1n) is 6.65. The number of hydrogen-bond acceptors (Lipinski definition) is 8. The van der Waals surface area contributed by atoms with Gasteiger partial charge in [-0.3, -0.25) is 10.1 Å². The summed E-state index contributed by atoms with van der Waals surface area (Å²) in [6.07, 6.45) is 0. The second-order valence-electron chi connectivity index (χ2n) is 4.67. The van der Waals surface area contributed by atoms with Crippen molar-refractivity contribution in [1.82, 2.24) is 4.98 Å². The summed E-state index contributed by atoms with van der Waals surface area (Å²) in [5.74, 6) is -1.34. The summed E-state index contributed by atoms with van der Waals surface area (Å²) < 4.78 is 0.886. The molecule has 10 heteroatoms. The fourth-order valence-corrected chi connectivity index (χ4v) is 4.85. The van der Waals surface area contributed by atoms with Gasteiger partial charge in [-0.05, 0) is 30.3 Å². The molecule has 1 heterocycles. The number of aromatic carboxylic acids is 1. The third-order valence-corrected chi connectivity index (χ3v) is 6.39. The van der Waals surface area contributed by atoms with Crippen molar-refractivity contribution in [3.8, 4) is 6.07 Å². The van der Waals surface area contributed by atoms with E-state index in [-0.39, 0.29) is 6.99 Å². The minimum Gasteiger partial charge on any atom is -0.477 e. The number of fused-ring (bicyclic) bond motifs is 1. The SMILES string of the molecule is N#Cc1nc2ccc(SSc3ccc([N+](=O)[O-])c(C(=O)O)c3)cc2s1.[HH]. The molecule has 0 saturated heterocycles. The molecule has 0 aliphatic rings. The number of aromatic nitrogens is 1. The fraction of sp³-hybridized carbons (Fsp3) is 0. The van der Waals surface area contributed by atoms with Gasteiger partial charge in [0.1, 0.15) is 11.6 Å². The van der Waals surface area contributed by atoms with Crippen LogP contribution in [0.15, 0.2) is 46.2 Å². The highest BCUT2D eigenvalue weighted by Gasteiger charge is 2.20. The van der Waals surface area contributed by atoms with E-state index in [0.29, 0.717) is 9.90 Å². The second kappa shape index (κ2) is 7.10. The maximum atomic E-state index is 11.2. The van der Waals surface area contributed by atoms with Crippen LogP contribution < -0.4 is 0 Å². The minimum atomic E-state index is -1.34. The number of carboxylic acid groups (broad SMARTS) is 1. The molecular formula is C15H9N3O4S3. The third kappa shape index (κ3) is 3.74. The van der Waals surface area contributed by atoms with Crippen molar-refractivity contribution >= 4 is 54.8 Å². The molecule has 0 fully saturated rings. The Kier molecular flexibility index (Phi) is 4.89. The molecule has 0 atom stereocenters. The van der Waals surface area contributed by atoms with E-state index < -0.39 is 16.6 Å². The predicted octanol–water partition coefficient (Wildman–Crippen LogP) is 4.82. The molecule has 1 N–H and O–H groups in total. The summed E-state index contributed by atoms with van der Waals surface area (Å²) in [5.41, 5.74) is -0.0245. The van der Waals surface area contributed by atoms with E-state index in [0.717, 1.165) is 15.1 Å². The lowest BCUT2D eigenvalue weighted by Gasteiger charge is -2.03. The maximum absolute atomic E-state index is 11.2. The van der Waals surface area contributed by atoms with Crippen LogP contribution in [0, 0.1) is 21.4 Å². The Morgan fingerprint density at radius 2 is 1.96 bits per heavy atom. The van der Waals surface area contributed by atoms with Gasteiger partial charge in [-0.1, -0.05) is 21.6 Å². The van der Waals surface area contributed by atoms with E-state index >= 15 is 0 Å². The number of carboxylic acids is 1. The lowest BCUT2D eigenvalue weighted by Crippen LogP contribution is -2.02. The second-order valence-corrected chi connectivity index (χ2v) is 7.98. The van der Waals surface area contributed by atoms with Crippen molar-refractivity contribution in [2.75, 3.05) is 0 Å². The standard InChI is InChI=1S/C15H7N3O4S3.H2/c16-7-14-17-11-3-1-9(6-13(11)23-14)25-24-8-2-4-12(18(21)22)10(5-8)15(19)20;/h1-6H,(H,19,20);1H. The normalized spacial score (nSPS) is 10.5. The van der Waals surface area contributed by atoms with Gasteiger partial charge >= 0.3 is 5.97 Å². The summed E-state index contributed by atoms with van der Waals surface area (Å²) >= 11 is 1.30. The van der Waals surface area contributed by atoms with Crippen LogP contribution >= 0.6 is 32.9 Å². The van der Waals surface area contributed by atoms with Gasteiger partial charge in [0.2, 0.25) is 0 Å². The Balaban J connectivity index is 0.00000243. The van der Waals surface area contributed by atoms with Crippen LogP contribution in [0.1, 0.15) is 16.8 Å². The summed E-state index contributed by atoms with van der Waals surface area (Å²) in [4.78, 5) is 27.0. The van der Waals surface area contributed by atoms with Crippen LogP contribution in [-0.2, 0) is 0 Å². The van der Waals surface area contributed by atoms with E-state index in [1.54, 1.807) is 0 Å². The molecule has 0 aliphatic heterocycles. The molecule has 1 aromatic heterocycles. The molecule has 0 bridgehead atoms. The lowest BCUT2D eigenvalue weighted by molar-refractivity contribution is -0.385. The number of nitrogens with zero attached hydrogens (tertiary/aromatic N) is 3. The average Bonchev–Trinajstić information content (AvgIpc) is 3.01. The highest BCUT2D eigenvalue weighted by molar-refractivity contribution is 8.76. The van der Waals surface area contributed by atoms with Gasteiger partial charge in [-0.25, -0.2) is 9.78 Å². The van der Waals surface area contributed by atoms with Gasteiger partial charge in [0.25, 0.3) is 5.69 Å². The Bertz CT molecular complexity index is 1050. The molecular weight excluding hydrogens is 382 g/mol. The van der Waals surface area contributed by atoms with Crippen molar-refractivity contribution in [2.45, 2.75) is 9.79 Å². The van der Waals surface area contributed by atoms with Gasteiger partial charge in [0.15, 0.2) is 5.01 Å². The Morgan fingerprint density at radius 1 is 1.28 bits per heavy atom. The molecule has 2 aromatic carbocycles. The molecule has 126 valence electrons. The molecule has 0 aliphatic carbocycles. The van der Waals surface area contributed by atoms with Gasteiger partial charge in [0.05, 0.1) is 15.1 Å². The van der Waals surface area contributed by atoms with Crippen LogP contribution in [0.25, 0.3) is 10.2 Å². The van der Waals surface area contributed by atoms with Crippen LogP contribution in [0.3, 0.4) is 0 Å². The molecule has 7 nitrogen and oxygen atoms in total. The number of nitro groups is 1. The molecule has 0 unspecified atom stereocenters. The first kappa shape index (κ1) is 17.2. The average molecular weight is 391 g/mol. The Morgan fingerprint density at radius 3 is 2.60 bits per heavy atom. The molecule has 0 radical (unpaired) electrons. The lowest BCUT2D eigenvalue weighted by atomic mass is 10.2. The molecule has 0 spiro atoms. The number of benzene rings is 2. The zero-order valence-electron chi connectivity index (χ0n) is 12.2. The van der Waals surface area contributed by atoms with Crippen molar-refractivity contribution in [1.29, 1.82) is 5.26 Å². The van der Waals surface area contributed by atoms with E-state index in [2.05, 4.69) is 4.98 Å². The largest absolute Gasteiger partial charge is 0.477 e. The zero-order chi connectivity index (χ0) is 18.0. The topological polar surface area (TPSA) is 117 Å².